The average Bonchev–Trinajstić information content (AvgIpc) is 2.10. The Kier molecular flexibility index (Phi) is 3.32. The first-order valence-corrected chi connectivity index (χ1v) is 4.69. The molecule has 0 aliphatic rings. The average molecular weight is 179 g/mol. The summed E-state index contributed by atoms with van der Waals surface area (Å²) in [7, 11) is 0. The molecule has 0 unspecified atom stereocenters. The topological polar surface area (TPSA) is 23.5 Å². The van der Waals surface area contributed by atoms with Gasteiger partial charge in [-0.15, -0.1) is 0 Å². The fourth-order valence-electron chi connectivity index (χ4n) is 1.35. The van der Waals surface area contributed by atoms with E-state index in [-0.39, 0.29) is 0 Å². The van der Waals surface area contributed by atoms with Gasteiger partial charge in [-0.3, -0.25) is 10.3 Å². The van der Waals surface area contributed by atoms with Gasteiger partial charge in [-0.2, -0.15) is 0 Å². The summed E-state index contributed by atoms with van der Waals surface area (Å²) in [6.45, 7) is 6.82. The van der Waals surface area contributed by atoms with Crippen LogP contribution in [0, 0.1) is 13.8 Å². The summed E-state index contributed by atoms with van der Waals surface area (Å²) >= 11 is 0. The molecule has 0 aliphatic heterocycles. The van der Waals surface area contributed by atoms with E-state index < -0.39 is 0 Å². The van der Waals surface area contributed by atoms with Crippen LogP contribution in [0.5, 0.6) is 0 Å². The second kappa shape index (κ2) is 4.28. The molecule has 0 fully saturated rings. The van der Waals surface area contributed by atoms with Crippen molar-refractivity contribution < 1.29 is 5.21 Å². The summed E-state index contributed by atoms with van der Waals surface area (Å²) < 4.78 is 0. The number of rotatable bonds is 3. The van der Waals surface area contributed by atoms with Crippen LogP contribution in [-0.2, 0) is 0 Å². The molecule has 0 radical (unpaired) electrons. The maximum atomic E-state index is 9.66. The smallest absolute Gasteiger partial charge is 0.0665 e. The third-order valence-corrected chi connectivity index (χ3v) is 2.29. The minimum absolute atomic E-state index is 0.685. The highest BCUT2D eigenvalue weighted by molar-refractivity contribution is 5.53. The molecule has 0 amide bonds. The molecule has 0 aliphatic carbocycles. The molecule has 1 aromatic rings. The second-order valence-corrected chi connectivity index (χ2v) is 3.34. The zero-order valence-electron chi connectivity index (χ0n) is 8.54. The minimum Gasteiger partial charge on any atom is -0.288 e. The van der Waals surface area contributed by atoms with Crippen molar-refractivity contribution in [2.24, 2.45) is 0 Å². The Morgan fingerprint density at radius 3 is 2.62 bits per heavy atom. The Labute approximate surface area is 79.8 Å². The van der Waals surface area contributed by atoms with Gasteiger partial charge in [0, 0.05) is 6.54 Å². The Balaban J connectivity index is 2.93. The van der Waals surface area contributed by atoms with Crippen molar-refractivity contribution in [2.75, 3.05) is 11.6 Å². The van der Waals surface area contributed by atoms with Gasteiger partial charge in [-0.25, -0.2) is 0 Å². The van der Waals surface area contributed by atoms with Crippen molar-refractivity contribution >= 4 is 5.69 Å². The first-order valence-electron chi connectivity index (χ1n) is 4.69. The lowest BCUT2D eigenvalue weighted by Gasteiger charge is -2.19. The lowest BCUT2D eigenvalue weighted by Crippen LogP contribution is -2.19. The highest BCUT2D eigenvalue weighted by atomic mass is 16.5. The molecule has 0 saturated heterocycles. The molecular weight excluding hydrogens is 162 g/mol. The molecule has 0 aromatic heterocycles. The SMILES string of the molecule is CCCN(O)c1cccc(C)c1C. The standard InChI is InChI=1S/C11H17NO/c1-4-8-12(13)11-7-5-6-9(2)10(11)3/h5-7,13H,4,8H2,1-3H3. The molecule has 1 rings (SSSR count). The Hall–Kier alpha value is -1.02. The van der Waals surface area contributed by atoms with E-state index in [0.29, 0.717) is 6.54 Å². The Morgan fingerprint density at radius 2 is 2.00 bits per heavy atom. The molecule has 13 heavy (non-hydrogen) atoms. The number of anilines is 1. The van der Waals surface area contributed by atoms with Gasteiger partial charge in [0.05, 0.1) is 5.69 Å². The third-order valence-electron chi connectivity index (χ3n) is 2.29. The molecule has 2 heteroatoms. The molecule has 2 nitrogen and oxygen atoms in total. The van der Waals surface area contributed by atoms with Gasteiger partial charge in [0.25, 0.3) is 0 Å². The van der Waals surface area contributed by atoms with E-state index in [2.05, 4.69) is 13.0 Å². The first kappa shape index (κ1) is 10.1. The number of nitrogens with zero attached hydrogens (tertiary/aromatic N) is 1. The van der Waals surface area contributed by atoms with Gasteiger partial charge in [0.1, 0.15) is 0 Å². The number of hydrogen-bond donors (Lipinski definition) is 1. The van der Waals surface area contributed by atoms with Gasteiger partial charge < -0.3 is 0 Å². The number of aryl methyl sites for hydroxylation is 1. The maximum absolute atomic E-state index is 9.66. The normalized spacial score (nSPS) is 10.2. The third kappa shape index (κ3) is 2.22. The minimum atomic E-state index is 0.685. The quantitative estimate of drug-likeness (QED) is 0.721. The van der Waals surface area contributed by atoms with E-state index in [1.165, 1.54) is 10.6 Å². The lowest BCUT2D eigenvalue weighted by atomic mass is 10.1. The van der Waals surface area contributed by atoms with E-state index >= 15 is 0 Å². The molecule has 72 valence electrons. The van der Waals surface area contributed by atoms with E-state index in [4.69, 9.17) is 0 Å². The van der Waals surface area contributed by atoms with Crippen molar-refractivity contribution in [2.45, 2.75) is 27.2 Å². The summed E-state index contributed by atoms with van der Waals surface area (Å²) in [5.41, 5.74) is 3.29. The maximum Gasteiger partial charge on any atom is 0.0665 e. The van der Waals surface area contributed by atoms with E-state index in [1.807, 2.05) is 26.0 Å². The van der Waals surface area contributed by atoms with Crippen molar-refractivity contribution in [3.8, 4) is 0 Å². The zero-order chi connectivity index (χ0) is 9.84. The van der Waals surface area contributed by atoms with Gasteiger partial charge in [-0.1, -0.05) is 19.1 Å². The van der Waals surface area contributed by atoms with Crippen molar-refractivity contribution in [1.82, 2.24) is 0 Å². The second-order valence-electron chi connectivity index (χ2n) is 3.34. The fourth-order valence-corrected chi connectivity index (χ4v) is 1.35. The van der Waals surface area contributed by atoms with Crippen LogP contribution in [0.25, 0.3) is 0 Å². The monoisotopic (exact) mass is 179 g/mol. The number of benzene rings is 1. The van der Waals surface area contributed by atoms with Crippen LogP contribution < -0.4 is 5.06 Å². The molecule has 0 heterocycles. The van der Waals surface area contributed by atoms with Crippen LogP contribution in [0.3, 0.4) is 0 Å². The number of hydroxylamine groups is 1. The predicted molar refractivity (Wildman–Crippen MR) is 55.3 cm³/mol. The predicted octanol–water partition coefficient (Wildman–Crippen LogP) is 2.91. The summed E-state index contributed by atoms with van der Waals surface area (Å²) in [5, 5.41) is 11.0. The molecule has 0 saturated carbocycles. The summed E-state index contributed by atoms with van der Waals surface area (Å²) in [6.07, 6.45) is 0.948. The summed E-state index contributed by atoms with van der Waals surface area (Å²) in [5.74, 6) is 0. The summed E-state index contributed by atoms with van der Waals surface area (Å²) in [6, 6.07) is 5.97. The molecule has 0 bridgehead atoms. The largest absolute Gasteiger partial charge is 0.288 e. The van der Waals surface area contributed by atoms with E-state index in [1.54, 1.807) is 0 Å². The summed E-state index contributed by atoms with van der Waals surface area (Å²) in [4.78, 5) is 0. The highest BCUT2D eigenvalue weighted by Crippen LogP contribution is 2.21. The van der Waals surface area contributed by atoms with Crippen LogP contribution in [0.1, 0.15) is 24.5 Å². The fraction of sp³-hybridized carbons (Fsp3) is 0.455. The molecule has 1 N–H and O–H groups in total. The highest BCUT2D eigenvalue weighted by Gasteiger charge is 2.05. The van der Waals surface area contributed by atoms with Crippen LogP contribution in [-0.4, -0.2) is 11.8 Å². The van der Waals surface area contributed by atoms with E-state index in [0.717, 1.165) is 17.7 Å². The van der Waals surface area contributed by atoms with Crippen molar-refractivity contribution in [1.29, 1.82) is 0 Å². The van der Waals surface area contributed by atoms with Gasteiger partial charge in [0.15, 0.2) is 0 Å². The molecule has 0 atom stereocenters. The van der Waals surface area contributed by atoms with E-state index in [9.17, 15) is 5.21 Å². The zero-order valence-corrected chi connectivity index (χ0v) is 8.54. The molecule has 0 spiro atoms. The van der Waals surface area contributed by atoms with Crippen LogP contribution in [0.4, 0.5) is 5.69 Å². The molecular formula is C11H17NO. The van der Waals surface area contributed by atoms with Crippen LogP contribution in [0.15, 0.2) is 18.2 Å². The van der Waals surface area contributed by atoms with Gasteiger partial charge in [-0.05, 0) is 37.5 Å². The van der Waals surface area contributed by atoms with Crippen LogP contribution >= 0.6 is 0 Å². The van der Waals surface area contributed by atoms with Gasteiger partial charge in [0.2, 0.25) is 0 Å². The lowest BCUT2D eigenvalue weighted by molar-refractivity contribution is 0.253. The van der Waals surface area contributed by atoms with Crippen LogP contribution in [0.2, 0.25) is 0 Å². The Bertz CT molecular complexity index is 283. The number of hydrogen-bond acceptors (Lipinski definition) is 2. The Morgan fingerprint density at radius 1 is 1.31 bits per heavy atom. The van der Waals surface area contributed by atoms with Crippen molar-refractivity contribution in [3.05, 3.63) is 29.3 Å². The first-order chi connectivity index (χ1) is 6.16. The van der Waals surface area contributed by atoms with Gasteiger partial charge >= 0.3 is 0 Å². The van der Waals surface area contributed by atoms with Crippen molar-refractivity contribution in [3.63, 3.8) is 0 Å². The molecule has 1 aromatic carbocycles.